The summed E-state index contributed by atoms with van der Waals surface area (Å²) in [4.78, 5) is 17.4. The molecule has 3 heterocycles. The maximum atomic E-state index is 6.21. The monoisotopic (exact) mass is 350 g/mol. The standard InChI is InChI=1S/C19H22N6O/c1-14-15-5-2-3-6-16(15)26-17(14)13-23-18(20)24-9-11-25(12-10-24)19-21-7-4-8-22-19/h2-8H,9-13H2,1H3,(H2,20,23). The first-order valence-electron chi connectivity index (χ1n) is 8.76. The number of aromatic nitrogens is 2. The summed E-state index contributed by atoms with van der Waals surface area (Å²) in [6.45, 7) is 5.76. The first kappa shape index (κ1) is 16.4. The highest BCUT2D eigenvalue weighted by Gasteiger charge is 2.20. The van der Waals surface area contributed by atoms with Gasteiger partial charge < -0.3 is 20.0 Å². The van der Waals surface area contributed by atoms with Gasteiger partial charge in [-0.1, -0.05) is 18.2 Å². The molecular weight excluding hydrogens is 328 g/mol. The quantitative estimate of drug-likeness (QED) is 0.576. The third-order valence-electron chi connectivity index (χ3n) is 4.77. The van der Waals surface area contributed by atoms with Crippen LogP contribution in [0.3, 0.4) is 0 Å². The first-order valence-corrected chi connectivity index (χ1v) is 8.76. The number of nitrogens with zero attached hydrogens (tertiary/aromatic N) is 5. The van der Waals surface area contributed by atoms with Crippen LogP contribution in [0.1, 0.15) is 11.3 Å². The summed E-state index contributed by atoms with van der Waals surface area (Å²) in [5.41, 5.74) is 8.23. The van der Waals surface area contributed by atoms with E-state index >= 15 is 0 Å². The molecule has 1 aromatic carbocycles. The number of rotatable bonds is 3. The zero-order chi connectivity index (χ0) is 17.9. The fourth-order valence-electron chi connectivity index (χ4n) is 3.22. The summed E-state index contributed by atoms with van der Waals surface area (Å²) in [6.07, 6.45) is 3.53. The zero-order valence-corrected chi connectivity index (χ0v) is 14.8. The summed E-state index contributed by atoms with van der Waals surface area (Å²) in [5, 5.41) is 1.13. The minimum absolute atomic E-state index is 0.453. The van der Waals surface area contributed by atoms with Crippen molar-refractivity contribution in [2.24, 2.45) is 10.7 Å². The Morgan fingerprint density at radius 1 is 1.12 bits per heavy atom. The van der Waals surface area contributed by atoms with Crippen molar-refractivity contribution in [3.05, 3.63) is 54.0 Å². The van der Waals surface area contributed by atoms with Gasteiger partial charge in [-0.2, -0.15) is 0 Å². The lowest BCUT2D eigenvalue weighted by Gasteiger charge is -2.35. The Hall–Kier alpha value is -3.09. The smallest absolute Gasteiger partial charge is 0.225 e. The molecule has 0 spiro atoms. The van der Waals surface area contributed by atoms with Gasteiger partial charge in [0, 0.05) is 49.5 Å². The average Bonchev–Trinajstić information content (AvgIpc) is 3.03. The second kappa shape index (κ2) is 7.03. The van der Waals surface area contributed by atoms with Crippen LogP contribution in [0.5, 0.6) is 0 Å². The minimum Gasteiger partial charge on any atom is -0.459 e. The van der Waals surface area contributed by atoms with Gasteiger partial charge in [-0.15, -0.1) is 0 Å². The number of furan rings is 1. The molecule has 2 aromatic heterocycles. The normalized spacial score (nSPS) is 15.7. The van der Waals surface area contributed by atoms with Gasteiger partial charge in [0.05, 0.1) is 0 Å². The first-order chi connectivity index (χ1) is 12.7. The second-order valence-electron chi connectivity index (χ2n) is 6.34. The van der Waals surface area contributed by atoms with Crippen LogP contribution < -0.4 is 10.6 Å². The average molecular weight is 350 g/mol. The van der Waals surface area contributed by atoms with Crippen LogP contribution in [0, 0.1) is 6.92 Å². The molecule has 1 saturated heterocycles. The summed E-state index contributed by atoms with van der Waals surface area (Å²) in [5.74, 6) is 2.18. The van der Waals surface area contributed by atoms with Gasteiger partial charge in [0.2, 0.25) is 5.95 Å². The van der Waals surface area contributed by atoms with Crippen molar-refractivity contribution in [3.8, 4) is 0 Å². The number of piperazine rings is 1. The van der Waals surface area contributed by atoms with Gasteiger partial charge in [-0.05, 0) is 19.1 Å². The van der Waals surface area contributed by atoms with Crippen molar-refractivity contribution in [2.45, 2.75) is 13.5 Å². The van der Waals surface area contributed by atoms with Gasteiger partial charge in [0.25, 0.3) is 0 Å². The van der Waals surface area contributed by atoms with E-state index < -0.39 is 0 Å². The minimum atomic E-state index is 0.453. The molecule has 7 nitrogen and oxygen atoms in total. The van der Waals surface area contributed by atoms with Gasteiger partial charge >= 0.3 is 0 Å². The highest BCUT2D eigenvalue weighted by atomic mass is 16.3. The lowest BCUT2D eigenvalue weighted by Crippen LogP contribution is -2.51. The molecule has 0 atom stereocenters. The number of benzene rings is 1. The van der Waals surface area contributed by atoms with Crippen LogP contribution in [-0.2, 0) is 6.54 Å². The number of hydrogen-bond donors (Lipinski definition) is 1. The number of aliphatic imine (C=N–C) groups is 1. The lowest BCUT2D eigenvalue weighted by molar-refractivity contribution is 0.377. The Bertz CT molecular complexity index is 912. The third-order valence-corrected chi connectivity index (χ3v) is 4.77. The Morgan fingerprint density at radius 3 is 2.58 bits per heavy atom. The molecule has 1 aliphatic rings. The third kappa shape index (κ3) is 3.20. The summed E-state index contributed by atoms with van der Waals surface area (Å²) in [6, 6.07) is 9.86. The van der Waals surface area contributed by atoms with Crippen molar-refractivity contribution in [1.29, 1.82) is 0 Å². The number of anilines is 1. The zero-order valence-electron chi connectivity index (χ0n) is 14.8. The van der Waals surface area contributed by atoms with E-state index in [1.165, 1.54) is 0 Å². The van der Waals surface area contributed by atoms with Crippen molar-refractivity contribution in [2.75, 3.05) is 31.1 Å². The number of para-hydroxylation sites is 1. The molecule has 3 aromatic rings. The van der Waals surface area contributed by atoms with E-state index in [1.807, 2.05) is 24.3 Å². The fourth-order valence-corrected chi connectivity index (χ4v) is 3.22. The number of guanidine groups is 1. The Labute approximate surface area is 152 Å². The van der Waals surface area contributed by atoms with Gasteiger partial charge in [-0.3, -0.25) is 0 Å². The molecule has 0 unspecified atom stereocenters. The summed E-state index contributed by atoms with van der Waals surface area (Å²) in [7, 11) is 0. The Balaban J connectivity index is 1.40. The van der Waals surface area contributed by atoms with Crippen molar-refractivity contribution >= 4 is 22.9 Å². The summed E-state index contributed by atoms with van der Waals surface area (Å²) >= 11 is 0. The van der Waals surface area contributed by atoms with Crippen LogP contribution in [0.15, 0.2) is 52.1 Å². The van der Waals surface area contributed by atoms with Crippen molar-refractivity contribution in [1.82, 2.24) is 14.9 Å². The molecule has 26 heavy (non-hydrogen) atoms. The van der Waals surface area contributed by atoms with E-state index in [0.29, 0.717) is 12.5 Å². The highest BCUT2D eigenvalue weighted by Crippen LogP contribution is 2.25. The molecule has 0 aliphatic carbocycles. The molecule has 0 bridgehead atoms. The van der Waals surface area contributed by atoms with Crippen LogP contribution in [0.25, 0.3) is 11.0 Å². The Morgan fingerprint density at radius 2 is 1.85 bits per heavy atom. The number of hydrogen-bond acceptors (Lipinski definition) is 5. The topological polar surface area (TPSA) is 83.8 Å². The molecule has 4 rings (SSSR count). The molecule has 134 valence electrons. The van der Waals surface area contributed by atoms with Gasteiger partial charge in [0.1, 0.15) is 17.9 Å². The maximum absolute atomic E-state index is 6.21. The van der Waals surface area contributed by atoms with Crippen LogP contribution in [0.2, 0.25) is 0 Å². The van der Waals surface area contributed by atoms with Gasteiger partial charge in [0.15, 0.2) is 5.96 Å². The van der Waals surface area contributed by atoms with Crippen LogP contribution >= 0.6 is 0 Å². The highest BCUT2D eigenvalue weighted by molar-refractivity contribution is 5.82. The van der Waals surface area contributed by atoms with E-state index in [4.69, 9.17) is 10.2 Å². The molecular formula is C19H22N6O. The van der Waals surface area contributed by atoms with Crippen LogP contribution in [0.4, 0.5) is 5.95 Å². The predicted octanol–water partition coefficient (Wildman–Crippen LogP) is 2.17. The maximum Gasteiger partial charge on any atom is 0.225 e. The molecule has 0 amide bonds. The largest absolute Gasteiger partial charge is 0.459 e. The lowest BCUT2D eigenvalue weighted by atomic mass is 10.1. The van der Waals surface area contributed by atoms with Gasteiger partial charge in [-0.25, -0.2) is 15.0 Å². The molecule has 0 radical (unpaired) electrons. The number of fused-ring (bicyclic) bond motifs is 1. The van der Waals surface area contributed by atoms with E-state index in [0.717, 1.165) is 54.4 Å². The number of nitrogens with two attached hydrogens (primary N) is 1. The van der Waals surface area contributed by atoms with E-state index in [2.05, 4.69) is 37.8 Å². The molecule has 0 saturated carbocycles. The van der Waals surface area contributed by atoms with E-state index in [9.17, 15) is 0 Å². The Kier molecular flexibility index (Phi) is 4.43. The second-order valence-corrected chi connectivity index (χ2v) is 6.34. The number of aryl methyl sites for hydroxylation is 1. The molecule has 2 N–H and O–H groups in total. The summed E-state index contributed by atoms with van der Waals surface area (Å²) < 4.78 is 5.91. The molecule has 1 fully saturated rings. The van der Waals surface area contributed by atoms with Crippen molar-refractivity contribution in [3.63, 3.8) is 0 Å². The molecule has 1 aliphatic heterocycles. The van der Waals surface area contributed by atoms with E-state index in [-0.39, 0.29) is 0 Å². The fraction of sp³-hybridized carbons (Fsp3) is 0.316. The predicted molar refractivity (Wildman–Crippen MR) is 102 cm³/mol. The SMILES string of the molecule is Cc1c(CN=C(N)N2CCN(c3ncccn3)CC2)oc2ccccc12. The van der Waals surface area contributed by atoms with E-state index in [1.54, 1.807) is 12.4 Å². The van der Waals surface area contributed by atoms with Crippen LogP contribution in [-0.4, -0.2) is 47.0 Å². The van der Waals surface area contributed by atoms with Crippen molar-refractivity contribution < 1.29 is 4.42 Å². The molecule has 7 heteroatoms.